The van der Waals surface area contributed by atoms with Gasteiger partial charge in [-0.1, -0.05) is 0 Å². The van der Waals surface area contributed by atoms with Gasteiger partial charge in [0.05, 0.1) is 6.10 Å². The summed E-state index contributed by atoms with van der Waals surface area (Å²) in [6.07, 6.45) is 7.66. The van der Waals surface area contributed by atoms with Crippen molar-refractivity contribution in [3.63, 3.8) is 0 Å². The number of rotatable bonds is 2. The number of ether oxygens (including phenoxy) is 1. The van der Waals surface area contributed by atoms with Crippen LogP contribution in [-0.4, -0.2) is 17.9 Å². The molecule has 1 aromatic heterocycles. The maximum atomic E-state index is 10.6. The highest BCUT2D eigenvalue weighted by molar-refractivity contribution is 5.74. The molecule has 1 aliphatic rings. The lowest BCUT2D eigenvalue weighted by Crippen LogP contribution is -2.11. The van der Waals surface area contributed by atoms with Crippen LogP contribution in [0.2, 0.25) is 0 Å². The zero-order valence-electron chi connectivity index (χ0n) is 7.98. The largest absolute Gasteiger partial charge is 0.373 e. The third-order valence-electron chi connectivity index (χ3n) is 2.47. The third-order valence-corrected chi connectivity index (χ3v) is 2.47. The molecule has 0 N–H and O–H groups in total. The van der Waals surface area contributed by atoms with Crippen molar-refractivity contribution >= 4 is 6.29 Å². The molecule has 2 heterocycles. The minimum atomic E-state index is 0.135. The number of nitrogens with zero attached hydrogens (tertiary/aromatic N) is 1. The third kappa shape index (κ3) is 1.99. The monoisotopic (exact) mass is 191 g/mol. The Kier molecular flexibility index (Phi) is 2.89. The van der Waals surface area contributed by atoms with Crippen molar-refractivity contribution in [1.82, 2.24) is 4.98 Å². The molecule has 0 saturated carbocycles. The smallest absolute Gasteiger partial charge is 0.151 e. The highest BCUT2D eigenvalue weighted by Crippen LogP contribution is 2.27. The topological polar surface area (TPSA) is 39.2 Å². The van der Waals surface area contributed by atoms with Crippen LogP contribution >= 0.6 is 0 Å². The van der Waals surface area contributed by atoms with E-state index in [9.17, 15) is 4.79 Å². The van der Waals surface area contributed by atoms with Gasteiger partial charge in [-0.2, -0.15) is 0 Å². The molecule has 1 saturated heterocycles. The van der Waals surface area contributed by atoms with Crippen LogP contribution < -0.4 is 0 Å². The van der Waals surface area contributed by atoms with Crippen molar-refractivity contribution in [2.75, 3.05) is 6.61 Å². The number of hydrogen-bond acceptors (Lipinski definition) is 3. The van der Waals surface area contributed by atoms with Crippen molar-refractivity contribution in [2.45, 2.75) is 25.4 Å². The molecule has 2 rings (SSSR count). The van der Waals surface area contributed by atoms with Crippen molar-refractivity contribution in [3.8, 4) is 0 Å². The second kappa shape index (κ2) is 4.33. The summed E-state index contributed by atoms with van der Waals surface area (Å²) >= 11 is 0. The molecule has 0 amide bonds. The maximum Gasteiger partial charge on any atom is 0.151 e. The summed E-state index contributed by atoms with van der Waals surface area (Å²) in [5, 5.41) is 0. The van der Waals surface area contributed by atoms with Gasteiger partial charge < -0.3 is 4.74 Å². The van der Waals surface area contributed by atoms with Gasteiger partial charge in [0.2, 0.25) is 0 Å². The quantitative estimate of drug-likeness (QED) is 0.672. The van der Waals surface area contributed by atoms with Crippen LogP contribution in [0.3, 0.4) is 0 Å². The minimum absolute atomic E-state index is 0.135. The lowest BCUT2D eigenvalue weighted by atomic mass is 10.0. The van der Waals surface area contributed by atoms with Gasteiger partial charge in [-0.3, -0.25) is 9.78 Å². The summed E-state index contributed by atoms with van der Waals surface area (Å²) in [5.74, 6) is 0. The van der Waals surface area contributed by atoms with Crippen LogP contribution in [-0.2, 0) is 4.74 Å². The van der Waals surface area contributed by atoms with E-state index in [2.05, 4.69) is 4.98 Å². The average Bonchev–Trinajstić information content (AvgIpc) is 2.30. The van der Waals surface area contributed by atoms with E-state index in [4.69, 9.17) is 4.74 Å². The maximum absolute atomic E-state index is 10.6. The molecule has 3 heteroatoms. The summed E-state index contributed by atoms with van der Waals surface area (Å²) < 4.78 is 5.61. The van der Waals surface area contributed by atoms with Gasteiger partial charge in [-0.25, -0.2) is 0 Å². The Morgan fingerprint density at radius 1 is 1.43 bits per heavy atom. The highest BCUT2D eigenvalue weighted by Gasteiger charge is 2.16. The number of carbonyl (C=O) groups is 1. The van der Waals surface area contributed by atoms with Crippen LogP contribution in [0.1, 0.15) is 41.3 Å². The number of pyridine rings is 1. The fourth-order valence-corrected chi connectivity index (χ4v) is 1.72. The van der Waals surface area contributed by atoms with Crippen LogP contribution in [0.15, 0.2) is 18.5 Å². The van der Waals surface area contributed by atoms with Gasteiger partial charge in [0, 0.05) is 24.6 Å². The molecule has 74 valence electrons. The first kappa shape index (κ1) is 9.34. The van der Waals surface area contributed by atoms with E-state index in [0.29, 0.717) is 5.56 Å². The molecule has 1 atom stereocenters. The highest BCUT2D eigenvalue weighted by atomic mass is 16.5. The van der Waals surface area contributed by atoms with Crippen molar-refractivity contribution < 1.29 is 9.53 Å². The van der Waals surface area contributed by atoms with Crippen molar-refractivity contribution in [2.24, 2.45) is 0 Å². The van der Waals surface area contributed by atoms with E-state index in [0.717, 1.165) is 31.3 Å². The molecule has 0 aromatic carbocycles. The Bertz CT molecular complexity index is 319. The van der Waals surface area contributed by atoms with Gasteiger partial charge >= 0.3 is 0 Å². The first-order chi connectivity index (χ1) is 6.90. The molecule has 1 aromatic rings. The van der Waals surface area contributed by atoms with E-state index in [1.807, 2.05) is 6.07 Å². The molecule has 1 fully saturated rings. The predicted octanol–water partition coefficient (Wildman–Crippen LogP) is 2.14. The van der Waals surface area contributed by atoms with Gasteiger partial charge in [-0.05, 0) is 30.9 Å². The van der Waals surface area contributed by atoms with Crippen LogP contribution in [0.4, 0.5) is 0 Å². The number of aldehydes is 1. The Hall–Kier alpha value is -1.22. The molecule has 0 bridgehead atoms. The summed E-state index contributed by atoms with van der Waals surface area (Å²) in [5.41, 5.74) is 1.64. The lowest BCUT2D eigenvalue weighted by Gasteiger charge is -2.22. The molecule has 0 aliphatic carbocycles. The Balaban J connectivity index is 2.17. The standard InChI is InChI=1S/C11H13NO2/c13-8-9-5-10(7-12-6-9)11-3-1-2-4-14-11/h5-8,11H,1-4H2. The molecule has 14 heavy (non-hydrogen) atoms. The van der Waals surface area contributed by atoms with E-state index in [1.54, 1.807) is 12.4 Å². The number of carbonyl (C=O) groups excluding carboxylic acids is 1. The zero-order valence-corrected chi connectivity index (χ0v) is 7.98. The van der Waals surface area contributed by atoms with Gasteiger partial charge in [-0.15, -0.1) is 0 Å². The second-order valence-electron chi connectivity index (χ2n) is 3.52. The van der Waals surface area contributed by atoms with Crippen LogP contribution in [0, 0.1) is 0 Å². The summed E-state index contributed by atoms with van der Waals surface area (Å²) in [7, 11) is 0. The zero-order chi connectivity index (χ0) is 9.80. The normalized spacial score (nSPS) is 21.9. The molecule has 1 aliphatic heterocycles. The fourth-order valence-electron chi connectivity index (χ4n) is 1.72. The van der Waals surface area contributed by atoms with Gasteiger partial charge in [0.15, 0.2) is 6.29 Å². The number of hydrogen-bond donors (Lipinski definition) is 0. The Labute approximate surface area is 83.1 Å². The molecule has 0 radical (unpaired) electrons. The van der Waals surface area contributed by atoms with Crippen LogP contribution in [0.5, 0.6) is 0 Å². The van der Waals surface area contributed by atoms with E-state index >= 15 is 0 Å². The summed E-state index contributed by atoms with van der Waals surface area (Å²) in [6.45, 7) is 0.815. The van der Waals surface area contributed by atoms with Crippen molar-refractivity contribution in [3.05, 3.63) is 29.6 Å². The van der Waals surface area contributed by atoms with Crippen LogP contribution in [0.25, 0.3) is 0 Å². The van der Waals surface area contributed by atoms with E-state index < -0.39 is 0 Å². The van der Waals surface area contributed by atoms with E-state index in [-0.39, 0.29) is 6.10 Å². The molecule has 1 unspecified atom stereocenters. The summed E-state index contributed by atoms with van der Waals surface area (Å²) in [6, 6.07) is 1.86. The number of aromatic nitrogens is 1. The fraction of sp³-hybridized carbons (Fsp3) is 0.455. The Morgan fingerprint density at radius 3 is 3.07 bits per heavy atom. The predicted molar refractivity (Wildman–Crippen MR) is 52.2 cm³/mol. The lowest BCUT2D eigenvalue weighted by molar-refractivity contribution is 0.0147. The molecule has 0 spiro atoms. The van der Waals surface area contributed by atoms with Gasteiger partial charge in [0.25, 0.3) is 0 Å². The van der Waals surface area contributed by atoms with Gasteiger partial charge in [0.1, 0.15) is 0 Å². The molecular weight excluding hydrogens is 178 g/mol. The second-order valence-corrected chi connectivity index (χ2v) is 3.52. The summed E-state index contributed by atoms with van der Waals surface area (Å²) in [4.78, 5) is 14.6. The van der Waals surface area contributed by atoms with Crippen molar-refractivity contribution in [1.29, 1.82) is 0 Å². The average molecular weight is 191 g/mol. The Morgan fingerprint density at radius 2 is 2.36 bits per heavy atom. The molecular formula is C11H13NO2. The van der Waals surface area contributed by atoms with E-state index in [1.165, 1.54) is 6.42 Å². The molecule has 3 nitrogen and oxygen atoms in total. The first-order valence-electron chi connectivity index (χ1n) is 4.92. The first-order valence-corrected chi connectivity index (χ1v) is 4.92. The SMILES string of the molecule is O=Cc1cncc(C2CCCCO2)c1. The minimum Gasteiger partial charge on any atom is -0.373 e.